The molecule has 3 rings (SSSR count). The Kier molecular flexibility index (Phi) is 6.46. The standard InChI is InChI=1S/C17H17ClN4O3S3/c1-3-22(4-2)28(24,25)12-5-6-14(18)13(9-12)15(23)19-17-21-20-16(27-17)11-7-8-26-10-11/h5-10H,3-4H2,1-2H3,(H,19,21,23). The Labute approximate surface area is 176 Å². The number of carbonyl (C=O) groups is 1. The third-order valence-electron chi connectivity index (χ3n) is 3.94. The van der Waals surface area contributed by atoms with Gasteiger partial charge >= 0.3 is 0 Å². The first-order chi connectivity index (χ1) is 13.4. The van der Waals surface area contributed by atoms with E-state index in [0.717, 1.165) is 5.56 Å². The van der Waals surface area contributed by atoms with E-state index >= 15 is 0 Å². The molecule has 0 aliphatic rings. The van der Waals surface area contributed by atoms with Crippen molar-refractivity contribution in [3.8, 4) is 10.6 Å². The van der Waals surface area contributed by atoms with Crippen LogP contribution in [0.1, 0.15) is 24.2 Å². The molecule has 1 aromatic carbocycles. The van der Waals surface area contributed by atoms with Crippen molar-refractivity contribution in [3.05, 3.63) is 45.6 Å². The summed E-state index contributed by atoms with van der Waals surface area (Å²) in [6.07, 6.45) is 0. The maximum atomic E-state index is 12.7. The second-order valence-corrected chi connectivity index (χ2v) is 9.71. The molecule has 2 heterocycles. The third kappa shape index (κ3) is 4.26. The van der Waals surface area contributed by atoms with E-state index < -0.39 is 15.9 Å². The molecule has 0 saturated heterocycles. The van der Waals surface area contributed by atoms with Crippen LogP contribution in [0, 0.1) is 0 Å². The molecule has 3 aromatic rings. The van der Waals surface area contributed by atoms with Crippen LogP contribution in [0.15, 0.2) is 39.9 Å². The number of halogens is 1. The molecule has 11 heteroatoms. The first-order valence-corrected chi connectivity index (χ1v) is 11.9. The Morgan fingerprint density at radius 3 is 2.61 bits per heavy atom. The molecule has 0 aliphatic heterocycles. The van der Waals surface area contributed by atoms with Crippen molar-refractivity contribution < 1.29 is 13.2 Å². The van der Waals surface area contributed by atoms with E-state index in [4.69, 9.17) is 11.6 Å². The van der Waals surface area contributed by atoms with Gasteiger partial charge in [0.15, 0.2) is 0 Å². The molecular formula is C17H17ClN4O3S3. The molecule has 1 N–H and O–H groups in total. The van der Waals surface area contributed by atoms with E-state index in [2.05, 4.69) is 15.5 Å². The van der Waals surface area contributed by atoms with Gasteiger partial charge < -0.3 is 0 Å². The van der Waals surface area contributed by atoms with Crippen LogP contribution in [-0.4, -0.2) is 41.9 Å². The van der Waals surface area contributed by atoms with Gasteiger partial charge in [0.05, 0.1) is 15.5 Å². The second-order valence-electron chi connectivity index (χ2n) is 5.61. The number of anilines is 1. The largest absolute Gasteiger partial charge is 0.296 e. The Morgan fingerprint density at radius 1 is 1.21 bits per heavy atom. The average molecular weight is 457 g/mol. The van der Waals surface area contributed by atoms with Crippen molar-refractivity contribution in [1.82, 2.24) is 14.5 Å². The molecule has 1 amide bonds. The van der Waals surface area contributed by atoms with Gasteiger partial charge in [-0.15, -0.1) is 10.2 Å². The molecule has 0 spiro atoms. The van der Waals surface area contributed by atoms with Gasteiger partial charge in [0.25, 0.3) is 5.91 Å². The minimum absolute atomic E-state index is 0.0157. The second kappa shape index (κ2) is 8.66. The normalized spacial score (nSPS) is 11.7. The molecule has 28 heavy (non-hydrogen) atoms. The number of aromatic nitrogens is 2. The maximum Gasteiger partial charge on any atom is 0.259 e. The van der Waals surface area contributed by atoms with Crippen molar-refractivity contribution in [2.24, 2.45) is 0 Å². The highest BCUT2D eigenvalue weighted by atomic mass is 35.5. The SMILES string of the molecule is CCN(CC)S(=O)(=O)c1ccc(Cl)c(C(=O)Nc2nnc(-c3ccsc3)s2)c1. The van der Waals surface area contributed by atoms with Crippen LogP contribution in [0.25, 0.3) is 10.6 Å². The molecular weight excluding hydrogens is 440 g/mol. The number of sulfonamides is 1. The summed E-state index contributed by atoms with van der Waals surface area (Å²) < 4.78 is 26.7. The summed E-state index contributed by atoms with van der Waals surface area (Å²) >= 11 is 8.90. The fourth-order valence-electron chi connectivity index (χ4n) is 2.49. The van der Waals surface area contributed by atoms with Gasteiger partial charge in [-0.3, -0.25) is 10.1 Å². The summed E-state index contributed by atoms with van der Waals surface area (Å²) in [5.74, 6) is -0.547. The maximum absolute atomic E-state index is 12.7. The number of hydrogen-bond acceptors (Lipinski definition) is 7. The summed E-state index contributed by atoms with van der Waals surface area (Å²) in [7, 11) is -3.70. The zero-order chi connectivity index (χ0) is 20.3. The lowest BCUT2D eigenvalue weighted by atomic mass is 10.2. The van der Waals surface area contributed by atoms with Gasteiger partial charge in [0.1, 0.15) is 5.01 Å². The summed E-state index contributed by atoms with van der Waals surface area (Å²) in [4.78, 5) is 12.7. The van der Waals surface area contributed by atoms with Crippen LogP contribution in [-0.2, 0) is 10.0 Å². The number of amides is 1. The third-order valence-corrected chi connectivity index (χ3v) is 7.89. The minimum Gasteiger partial charge on any atom is -0.296 e. The molecule has 0 atom stereocenters. The first kappa shape index (κ1) is 20.9. The van der Waals surface area contributed by atoms with Crippen molar-refractivity contribution in [3.63, 3.8) is 0 Å². The van der Waals surface area contributed by atoms with Gasteiger partial charge in [0.2, 0.25) is 15.2 Å². The van der Waals surface area contributed by atoms with Gasteiger partial charge in [-0.25, -0.2) is 8.42 Å². The quantitative estimate of drug-likeness (QED) is 0.575. The lowest BCUT2D eigenvalue weighted by molar-refractivity contribution is 0.102. The van der Waals surface area contributed by atoms with Crippen molar-refractivity contribution in [2.75, 3.05) is 18.4 Å². The Bertz CT molecular complexity index is 1080. The van der Waals surface area contributed by atoms with Gasteiger partial charge in [-0.2, -0.15) is 15.6 Å². The van der Waals surface area contributed by atoms with Gasteiger partial charge in [-0.05, 0) is 29.6 Å². The summed E-state index contributed by atoms with van der Waals surface area (Å²) in [6.45, 7) is 4.18. The van der Waals surface area contributed by atoms with E-state index in [1.165, 1.54) is 45.2 Å². The van der Waals surface area contributed by atoms with E-state index in [9.17, 15) is 13.2 Å². The van der Waals surface area contributed by atoms with Gasteiger partial charge in [0, 0.05) is 24.0 Å². The zero-order valence-corrected chi connectivity index (χ0v) is 18.3. The molecule has 0 fully saturated rings. The molecule has 148 valence electrons. The first-order valence-electron chi connectivity index (χ1n) is 8.34. The van der Waals surface area contributed by atoms with Crippen LogP contribution in [0.3, 0.4) is 0 Å². The van der Waals surface area contributed by atoms with Crippen LogP contribution >= 0.6 is 34.3 Å². The molecule has 0 radical (unpaired) electrons. The fraction of sp³-hybridized carbons (Fsp3) is 0.235. The Morgan fingerprint density at radius 2 is 1.96 bits per heavy atom. The number of rotatable bonds is 7. The summed E-state index contributed by atoms with van der Waals surface area (Å²) in [5, 5.41) is 15.7. The highest BCUT2D eigenvalue weighted by Gasteiger charge is 2.24. The number of nitrogens with zero attached hydrogens (tertiary/aromatic N) is 3. The highest BCUT2D eigenvalue weighted by Crippen LogP contribution is 2.29. The van der Waals surface area contributed by atoms with E-state index in [-0.39, 0.29) is 15.5 Å². The van der Waals surface area contributed by atoms with Gasteiger partial charge in [-0.1, -0.05) is 36.8 Å². The lowest BCUT2D eigenvalue weighted by Gasteiger charge is -2.19. The van der Waals surface area contributed by atoms with E-state index in [1.807, 2.05) is 16.8 Å². The van der Waals surface area contributed by atoms with Crippen LogP contribution < -0.4 is 5.32 Å². The topological polar surface area (TPSA) is 92.3 Å². The molecule has 7 nitrogen and oxygen atoms in total. The van der Waals surface area contributed by atoms with Crippen molar-refractivity contribution in [1.29, 1.82) is 0 Å². The number of benzene rings is 1. The number of thiophene rings is 1. The predicted octanol–water partition coefficient (Wildman–Crippen LogP) is 4.20. The van der Waals surface area contributed by atoms with Crippen LogP contribution in [0.5, 0.6) is 0 Å². The monoisotopic (exact) mass is 456 g/mol. The summed E-state index contributed by atoms with van der Waals surface area (Å²) in [5.41, 5.74) is 0.982. The Balaban J connectivity index is 1.86. The van der Waals surface area contributed by atoms with E-state index in [1.54, 1.807) is 13.8 Å². The fourth-order valence-corrected chi connectivity index (χ4v) is 5.63. The predicted molar refractivity (Wildman–Crippen MR) is 113 cm³/mol. The van der Waals surface area contributed by atoms with Crippen molar-refractivity contribution >= 4 is 55.3 Å². The van der Waals surface area contributed by atoms with E-state index in [0.29, 0.717) is 23.2 Å². The smallest absolute Gasteiger partial charge is 0.259 e. The zero-order valence-electron chi connectivity index (χ0n) is 15.0. The molecule has 0 bridgehead atoms. The highest BCUT2D eigenvalue weighted by molar-refractivity contribution is 7.89. The molecule has 0 unspecified atom stereocenters. The van der Waals surface area contributed by atoms with Crippen molar-refractivity contribution in [2.45, 2.75) is 18.7 Å². The Hall–Kier alpha value is -1.85. The molecule has 2 aromatic heterocycles. The number of carbonyl (C=O) groups excluding carboxylic acids is 1. The lowest BCUT2D eigenvalue weighted by Crippen LogP contribution is -2.30. The average Bonchev–Trinajstić information content (AvgIpc) is 3.34. The van der Waals surface area contributed by atoms with Crippen LogP contribution in [0.2, 0.25) is 5.02 Å². The minimum atomic E-state index is -3.70. The summed E-state index contributed by atoms with van der Waals surface area (Å²) in [6, 6.07) is 6.00. The number of hydrogen-bond donors (Lipinski definition) is 1. The number of nitrogens with one attached hydrogen (secondary N) is 1. The van der Waals surface area contributed by atoms with Crippen LogP contribution in [0.4, 0.5) is 5.13 Å². The molecule has 0 aliphatic carbocycles. The molecule has 0 saturated carbocycles.